The van der Waals surface area contributed by atoms with E-state index in [2.05, 4.69) is 4.98 Å². The number of benzene rings is 1. The fourth-order valence-electron chi connectivity index (χ4n) is 2.36. The minimum absolute atomic E-state index is 0.560. The number of amides is 1. The Labute approximate surface area is 140 Å². The van der Waals surface area contributed by atoms with Gasteiger partial charge >= 0.3 is 6.09 Å². The lowest BCUT2D eigenvalue weighted by molar-refractivity contribution is -0.117. The van der Waals surface area contributed by atoms with Crippen molar-refractivity contribution in [1.82, 2.24) is 9.88 Å². The highest BCUT2D eigenvalue weighted by molar-refractivity contribution is 6.31. The molecule has 2 rings (SSSR count). The number of carbonyl (C=O) groups is 2. The molecule has 0 spiro atoms. The molecule has 1 aromatic heterocycles. The SMILES string of the molecule is CN(C(=O)OC(C)(C)C)C(C)(C=O)c1c[nH]c2cc(Cl)ccc12. The van der Waals surface area contributed by atoms with E-state index >= 15 is 0 Å². The molecule has 0 saturated heterocycles. The summed E-state index contributed by atoms with van der Waals surface area (Å²) in [7, 11) is 1.55. The number of aldehydes is 1. The first-order valence-electron chi connectivity index (χ1n) is 7.29. The third-order valence-electron chi connectivity index (χ3n) is 3.78. The number of halogens is 1. The molecule has 1 heterocycles. The predicted molar refractivity (Wildman–Crippen MR) is 90.7 cm³/mol. The topological polar surface area (TPSA) is 62.4 Å². The molecule has 0 saturated carbocycles. The number of H-pyrrole nitrogens is 1. The smallest absolute Gasteiger partial charge is 0.411 e. The largest absolute Gasteiger partial charge is 0.444 e. The van der Waals surface area contributed by atoms with Crippen molar-refractivity contribution in [2.45, 2.75) is 38.8 Å². The minimum Gasteiger partial charge on any atom is -0.444 e. The van der Waals surface area contributed by atoms with Crippen molar-refractivity contribution in [2.24, 2.45) is 0 Å². The number of fused-ring (bicyclic) bond motifs is 1. The van der Waals surface area contributed by atoms with E-state index in [4.69, 9.17) is 16.3 Å². The van der Waals surface area contributed by atoms with Gasteiger partial charge in [-0.05, 0) is 39.8 Å². The third kappa shape index (κ3) is 3.34. The number of aromatic nitrogens is 1. The zero-order valence-electron chi connectivity index (χ0n) is 13.9. The van der Waals surface area contributed by atoms with Crippen LogP contribution in [-0.4, -0.2) is 34.9 Å². The number of aromatic amines is 1. The standard InChI is InChI=1S/C17H21ClN2O3/c1-16(2,3)23-15(22)20(5)17(4,10-21)13-9-19-14-8-11(18)6-7-12(13)14/h6-10,19H,1-5H3. The van der Waals surface area contributed by atoms with Crippen LogP contribution in [0.25, 0.3) is 10.9 Å². The number of nitrogens with zero attached hydrogens (tertiary/aromatic N) is 1. The summed E-state index contributed by atoms with van der Waals surface area (Å²) in [6.07, 6.45) is 1.90. The molecule has 2 aromatic rings. The van der Waals surface area contributed by atoms with E-state index in [9.17, 15) is 9.59 Å². The summed E-state index contributed by atoms with van der Waals surface area (Å²) in [5, 5.41) is 1.43. The van der Waals surface area contributed by atoms with Gasteiger partial charge in [0.25, 0.3) is 0 Å². The van der Waals surface area contributed by atoms with E-state index in [0.29, 0.717) is 10.6 Å². The molecule has 1 atom stereocenters. The van der Waals surface area contributed by atoms with E-state index in [1.165, 1.54) is 4.90 Å². The van der Waals surface area contributed by atoms with Crippen LogP contribution in [0.2, 0.25) is 5.02 Å². The van der Waals surface area contributed by atoms with Crippen molar-refractivity contribution in [3.8, 4) is 0 Å². The molecule has 6 heteroatoms. The van der Waals surface area contributed by atoms with E-state index in [0.717, 1.165) is 17.2 Å². The van der Waals surface area contributed by atoms with Gasteiger partial charge in [-0.15, -0.1) is 0 Å². The third-order valence-corrected chi connectivity index (χ3v) is 4.02. The van der Waals surface area contributed by atoms with Gasteiger partial charge in [-0.1, -0.05) is 17.7 Å². The summed E-state index contributed by atoms with van der Waals surface area (Å²) in [5.41, 5.74) is -0.303. The zero-order valence-corrected chi connectivity index (χ0v) is 14.7. The highest BCUT2D eigenvalue weighted by Crippen LogP contribution is 2.33. The number of carbonyl (C=O) groups excluding carboxylic acids is 2. The molecule has 0 fully saturated rings. The number of rotatable bonds is 3. The molecule has 0 radical (unpaired) electrons. The molecule has 0 aliphatic heterocycles. The Morgan fingerprint density at radius 3 is 2.52 bits per heavy atom. The number of likely N-dealkylation sites (N-methyl/N-ethyl adjacent to an activating group) is 1. The Hall–Kier alpha value is -2.01. The highest BCUT2D eigenvalue weighted by Gasteiger charge is 2.38. The Bertz CT molecular complexity index is 748. The van der Waals surface area contributed by atoms with Crippen molar-refractivity contribution < 1.29 is 14.3 Å². The van der Waals surface area contributed by atoms with Crippen LogP contribution in [0.3, 0.4) is 0 Å². The molecule has 1 N–H and O–H groups in total. The van der Waals surface area contributed by atoms with Gasteiger partial charge in [0.05, 0.1) is 0 Å². The first kappa shape index (κ1) is 17.3. The highest BCUT2D eigenvalue weighted by atomic mass is 35.5. The Kier molecular flexibility index (Phi) is 4.44. The maximum absolute atomic E-state index is 12.4. The van der Waals surface area contributed by atoms with Crippen LogP contribution in [-0.2, 0) is 15.1 Å². The second-order valence-electron chi connectivity index (χ2n) is 6.70. The van der Waals surface area contributed by atoms with Crippen molar-refractivity contribution >= 4 is 34.9 Å². The van der Waals surface area contributed by atoms with Crippen LogP contribution >= 0.6 is 11.6 Å². The Morgan fingerprint density at radius 1 is 1.30 bits per heavy atom. The molecular formula is C17H21ClN2O3. The van der Waals surface area contributed by atoms with Crippen molar-refractivity contribution in [1.29, 1.82) is 0 Å². The van der Waals surface area contributed by atoms with Gasteiger partial charge in [-0.25, -0.2) is 4.79 Å². The van der Waals surface area contributed by atoms with Gasteiger partial charge in [-0.3, -0.25) is 4.90 Å². The van der Waals surface area contributed by atoms with E-state index < -0.39 is 17.2 Å². The minimum atomic E-state index is -1.16. The van der Waals surface area contributed by atoms with Crippen molar-refractivity contribution in [2.75, 3.05) is 7.05 Å². The average molecular weight is 337 g/mol. The van der Waals surface area contributed by atoms with Gasteiger partial charge < -0.3 is 14.5 Å². The summed E-state index contributed by atoms with van der Waals surface area (Å²) in [4.78, 5) is 28.6. The fraction of sp³-hybridized carbons (Fsp3) is 0.412. The lowest BCUT2D eigenvalue weighted by atomic mass is 9.92. The van der Waals surface area contributed by atoms with Crippen LogP contribution in [0.15, 0.2) is 24.4 Å². The van der Waals surface area contributed by atoms with E-state index in [1.54, 1.807) is 53.1 Å². The Balaban J connectivity index is 2.46. The van der Waals surface area contributed by atoms with Gasteiger partial charge in [-0.2, -0.15) is 0 Å². The number of hydrogen-bond acceptors (Lipinski definition) is 3. The quantitative estimate of drug-likeness (QED) is 0.858. The van der Waals surface area contributed by atoms with E-state index in [-0.39, 0.29) is 0 Å². The maximum Gasteiger partial charge on any atom is 0.411 e. The molecule has 23 heavy (non-hydrogen) atoms. The second-order valence-corrected chi connectivity index (χ2v) is 7.13. The molecule has 1 aromatic carbocycles. The molecule has 1 unspecified atom stereocenters. The first-order valence-corrected chi connectivity index (χ1v) is 7.66. The average Bonchev–Trinajstić information content (AvgIpc) is 2.87. The molecular weight excluding hydrogens is 316 g/mol. The monoisotopic (exact) mass is 336 g/mol. The molecule has 0 aliphatic carbocycles. The van der Waals surface area contributed by atoms with Gasteiger partial charge in [0.1, 0.15) is 17.4 Å². The number of nitrogens with one attached hydrogen (secondary N) is 1. The van der Waals surface area contributed by atoms with Gasteiger partial charge in [0.2, 0.25) is 0 Å². The first-order chi connectivity index (χ1) is 10.6. The summed E-state index contributed by atoms with van der Waals surface area (Å²) >= 11 is 5.99. The van der Waals surface area contributed by atoms with Crippen LogP contribution in [0.4, 0.5) is 4.79 Å². The summed E-state index contributed by atoms with van der Waals surface area (Å²) in [6, 6.07) is 5.35. The molecule has 0 bridgehead atoms. The molecule has 0 aliphatic rings. The zero-order chi connectivity index (χ0) is 17.4. The van der Waals surface area contributed by atoms with Crippen LogP contribution in [0.5, 0.6) is 0 Å². The molecule has 1 amide bonds. The molecule has 124 valence electrons. The van der Waals surface area contributed by atoms with Crippen LogP contribution < -0.4 is 0 Å². The molecule has 5 nitrogen and oxygen atoms in total. The maximum atomic E-state index is 12.4. The van der Waals surface area contributed by atoms with Crippen molar-refractivity contribution in [3.05, 3.63) is 35.0 Å². The summed E-state index contributed by atoms with van der Waals surface area (Å²) in [5.74, 6) is 0. The van der Waals surface area contributed by atoms with Crippen LogP contribution in [0, 0.1) is 0 Å². The lowest BCUT2D eigenvalue weighted by Crippen LogP contribution is -2.48. The van der Waals surface area contributed by atoms with Gasteiger partial charge in [0, 0.05) is 34.7 Å². The van der Waals surface area contributed by atoms with E-state index in [1.807, 2.05) is 6.07 Å². The summed E-state index contributed by atoms with van der Waals surface area (Å²) in [6.45, 7) is 7.03. The summed E-state index contributed by atoms with van der Waals surface area (Å²) < 4.78 is 5.37. The van der Waals surface area contributed by atoms with Crippen LogP contribution in [0.1, 0.15) is 33.3 Å². The van der Waals surface area contributed by atoms with Crippen molar-refractivity contribution in [3.63, 3.8) is 0 Å². The second kappa shape index (κ2) is 5.89. The normalized spacial score (nSPS) is 14.3. The predicted octanol–water partition coefficient (Wildman–Crippen LogP) is 4.10. The number of ether oxygens (including phenoxy) is 1. The fourth-order valence-corrected chi connectivity index (χ4v) is 2.53. The van der Waals surface area contributed by atoms with Gasteiger partial charge in [0.15, 0.2) is 0 Å². The number of hydrogen-bond donors (Lipinski definition) is 1. The Morgan fingerprint density at radius 2 is 1.96 bits per heavy atom. The lowest BCUT2D eigenvalue weighted by Gasteiger charge is -2.35.